The lowest BCUT2D eigenvalue weighted by molar-refractivity contribution is -0.376. The molecule has 11 heteroatoms. The van der Waals surface area contributed by atoms with Gasteiger partial charge in [-0.15, -0.1) is 0 Å². The van der Waals surface area contributed by atoms with E-state index < -0.39 is 34.8 Å². The molecule has 0 aromatic carbocycles. The molecule has 0 spiro atoms. The number of aromatic amines is 2. The molecule has 5 nitrogen and oxygen atoms in total. The third-order valence-electron chi connectivity index (χ3n) is 2.03. The molecule has 1 heterocycles. The minimum atomic E-state index is -6.18. The largest absolute Gasteiger partial charge is 0.430 e. The lowest BCUT2D eigenvalue weighted by atomic mass is 9.95. The number of halogens is 6. The highest BCUT2D eigenvalue weighted by Gasteiger charge is 2.72. The number of aliphatic hydroxyl groups is 1. The zero-order chi connectivity index (χ0) is 14.4. The van der Waals surface area contributed by atoms with Crippen LogP contribution in [0.2, 0.25) is 0 Å². The quantitative estimate of drug-likeness (QED) is 0.649. The molecule has 1 aromatic heterocycles. The summed E-state index contributed by atoms with van der Waals surface area (Å²) in [5, 5.41) is 8.84. The summed E-state index contributed by atoms with van der Waals surface area (Å²) in [7, 11) is 0. The maximum Gasteiger partial charge on any atom is 0.430 e. The van der Waals surface area contributed by atoms with Crippen LogP contribution in [0.15, 0.2) is 15.8 Å². The smallest absolute Gasteiger partial charge is 0.369 e. The van der Waals surface area contributed by atoms with E-state index in [4.69, 9.17) is 5.11 Å². The fourth-order valence-corrected chi connectivity index (χ4v) is 1.14. The van der Waals surface area contributed by atoms with Crippen molar-refractivity contribution < 1.29 is 31.4 Å². The van der Waals surface area contributed by atoms with Crippen molar-refractivity contribution in [3.05, 3.63) is 32.6 Å². The summed E-state index contributed by atoms with van der Waals surface area (Å²) in [6, 6.07) is 0. The minimum absolute atomic E-state index is 0.137. The summed E-state index contributed by atoms with van der Waals surface area (Å²) in [4.78, 5) is 24.0. The molecule has 0 bridgehead atoms. The van der Waals surface area contributed by atoms with E-state index in [0.29, 0.717) is 0 Å². The Balaban J connectivity index is 3.67. The van der Waals surface area contributed by atoms with Crippen LogP contribution in [0.4, 0.5) is 26.3 Å². The van der Waals surface area contributed by atoms with E-state index >= 15 is 0 Å². The fourth-order valence-electron chi connectivity index (χ4n) is 1.14. The third-order valence-corrected chi connectivity index (χ3v) is 2.03. The number of H-pyrrole nitrogens is 2. The van der Waals surface area contributed by atoms with Crippen molar-refractivity contribution in [2.24, 2.45) is 0 Å². The van der Waals surface area contributed by atoms with Gasteiger partial charge in [-0.1, -0.05) is 0 Å². The van der Waals surface area contributed by atoms with E-state index in [1.807, 2.05) is 0 Å². The van der Waals surface area contributed by atoms with Gasteiger partial charge in [0.2, 0.25) is 0 Å². The maximum atomic E-state index is 12.4. The van der Waals surface area contributed by atoms with Crippen LogP contribution in [0.3, 0.4) is 0 Å². The summed E-state index contributed by atoms with van der Waals surface area (Å²) in [6.07, 6.45) is -12.5. The fraction of sp³-hybridized carbons (Fsp3) is 0.429. The van der Waals surface area contributed by atoms with Crippen molar-refractivity contribution in [3.63, 3.8) is 0 Å². The SMILES string of the molecule is O=c1[nH]cc(C(O)(C(F)(F)F)C(F)(F)F)c(=O)[nH]1. The molecule has 0 aliphatic rings. The molecular weight excluding hydrogens is 274 g/mol. The molecule has 0 fully saturated rings. The van der Waals surface area contributed by atoms with Gasteiger partial charge in [0, 0.05) is 6.20 Å². The van der Waals surface area contributed by atoms with Crippen molar-refractivity contribution >= 4 is 0 Å². The molecular formula is C7H4F6N2O3. The van der Waals surface area contributed by atoms with E-state index in [-0.39, 0.29) is 6.20 Å². The van der Waals surface area contributed by atoms with E-state index in [1.165, 1.54) is 4.98 Å². The van der Waals surface area contributed by atoms with Gasteiger partial charge in [0.25, 0.3) is 11.2 Å². The van der Waals surface area contributed by atoms with Crippen LogP contribution >= 0.6 is 0 Å². The van der Waals surface area contributed by atoms with Crippen LogP contribution in [0.25, 0.3) is 0 Å². The Morgan fingerprint density at radius 2 is 1.44 bits per heavy atom. The van der Waals surface area contributed by atoms with Gasteiger partial charge in [-0.05, 0) is 0 Å². The molecule has 0 saturated heterocycles. The molecule has 0 radical (unpaired) electrons. The number of hydrogen-bond acceptors (Lipinski definition) is 3. The van der Waals surface area contributed by atoms with Gasteiger partial charge in [-0.2, -0.15) is 26.3 Å². The van der Waals surface area contributed by atoms with E-state index in [2.05, 4.69) is 0 Å². The number of nitrogens with one attached hydrogen (secondary N) is 2. The molecule has 0 aliphatic heterocycles. The number of hydrogen-bond donors (Lipinski definition) is 3. The van der Waals surface area contributed by atoms with Gasteiger partial charge in [0.1, 0.15) is 0 Å². The molecule has 0 amide bonds. The lowest BCUT2D eigenvalue weighted by Crippen LogP contribution is -2.56. The summed E-state index contributed by atoms with van der Waals surface area (Å²) in [6.45, 7) is 0. The first kappa shape index (κ1) is 14.3. The Morgan fingerprint density at radius 1 is 1.00 bits per heavy atom. The topological polar surface area (TPSA) is 85.9 Å². The second-order valence-electron chi connectivity index (χ2n) is 3.19. The van der Waals surface area contributed by atoms with E-state index in [9.17, 15) is 35.9 Å². The molecule has 0 aliphatic carbocycles. The van der Waals surface area contributed by atoms with E-state index in [0.717, 1.165) is 4.98 Å². The van der Waals surface area contributed by atoms with Crippen molar-refractivity contribution in [1.29, 1.82) is 0 Å². The zero-order valence-corrected chi connectivity index (χ0v) is 8.11. The normalized spacial score (nSPS) is 13.7. The summed E-state index contributed by atoms with van der Waals surface area (Å²) in [5.41, 5.74) is -10.7. The Morgan fingerprint density at radius 3 is 1.78 bits per heavy atom. The van der Waals surface area contributed by atoms with Gasteiger partial charge >= 0.3 is 18.0 Å². The van der Waals surface area contributed by atoms with Crippen LogP contribution < -0.4 is 11.2 Å². The Hall–Kier alpha value is -1.78. The van der Waals surface area contributed by atoms with E-state index in [1.54, 1.807) is 0 Å². The molecule has 1 rings (SSSR count). The Kier molecular flexibility index (Phi) is 3.07. The first-order valence-corrected chi connectivity index (χ1v) is 4.09. The third kappa shape index (κ3) is 2.00. The van der Waals surface area contributed by atoms with Crippen molar-refractivity contribution in [2.75, 3.05) is 0 Å². The van der Waals surface area contributed by atoms with Crippen molar-refractivity contribution in [1.82, 2.24) is 9.97 Å². The van der Waals surface area contributed by atoms with Crippen LogP contribution in [0.1, 0.15) is 5.56 Å². The molecule has 0 saturated carbocycles. The average molecular weight is 278 g/mol. The highest BCUT2D eigenvalue weighted by molar-refractivity contribution is 5.20. The number of aromatic nitrogens is 2. The molecule has 1 aromatic rings. The zero-order valence-electron chi connectivity index (χ0n) is 8.11. The highest BCUT2D eigenvalue weighted by atomic mass is 19.4. The van der Waals surface area contributed by atoms with Crippen LogP contribution in [-0.4, -0.2) is 27.4 Å². The minimum Gasteiger partial charge on any atom is -0.369 e. The molecule has 3 N–H and O–H groups in total. The number of alkyl halides is 6. The predicted octanol–water partition coefficient (Wildman–Crippen LogP) is 0.375. The second kappa shape index (κ2) is 3.86. The van der Waals surface area contributed by atoms with Crippen molar-refractivity contribution in [2.45, 2.75) is 18.0 Å². The summed E-state index contributed by atoms with van der Waals surface area (Å²) < 4.78 is 74.1. The van der Waals surface area contributed by atoms with Crippen LogP contribution in [-0.2, 0) is 5.60 Å². The Bertz CT molecular complexity index is 540. The first-order valence-electron chi connectivity index (χ1n) is 4.09. The van der Waals surface area contributed by atoms with Gasteiger partial charge in [-0.25, -0.2) is 4.79 Å². The molecule has 0 atom stereocenters. The monoisotopic (exact) mass is 278 g/mol. The van der Waals surface area contributed by atoms with Crippen LogP contribution in [0, 0.1) is 0 Å². The first-order chi connectivity index (χ1) is 7.91. The van der Waals surface area contributed by atoms with Crippen molar-refractivity contribution in [3.8, 4) is 0 Å². The lowest BCUT2D eigenvalue weighted by Gasteiger charge is -2.31. The Labute approximate surface area is 93.1 Å². The predicted molar refractivity (Wildman–Crippen MR) is 43.7 cm³/mol. The molecule has 18 heavy (non-hydrogen) atoms. The van der Waals surface area contributed by atoms with Crippen LogP contribution in [0.5, 0.6) is 0 Å². The van der Waals surface area contributed by atoms with Gasteiger partial charge < -0.3 is 10.1 Å². The van der Waals surface area contributed by atoms with Gasteiger partial charge in [-0.3, -0.25) is 9.78 Å². The second-order valence-corrected chi connectivity index (χ2v) is 3.19. The van der Waals surface area contributed by atoms with Gasteiger partial charge in [0.15, 0.2) is 0 Å². The molecule has 0 unspecified atom stereocenters. The molecule has 102 valence electrons. The number of rotatable bonds is 1. The summed E-state index contributed by atoms with van der Waals surface area (Å²) in [5.74, 6) is 0. The maximum absolute atomic E-state index is 12.4. The standard InChI is InChI=1S/C7H4F6N2O3/c8-6(9,10)5(18,7(11,12)13)2-1-14-4(17)15-3(2)16/h1,18H,(H2,14,15,16,17). The average Bonchev–Trinajstić information content (AvgIpc) is 2.12. The summed E-state index contributed by atoms with van der Waals surface area (Å²) >= 11 is 0. The van der Waals surface area contributed by atoms with Gasteiger partial charge in [0.05, 0.1) is 5.56 Å². The highest BCUT2D eigenvalue weighted by Crippen LogP contribution is 2.48.